The molecule has 2 atom stereocenters. The fourth-order valence-electron chi connectivity index (χ4n) is 2.95. The van der Waals surface area contributed by atoms with Crippen LogP contribution in [0.3, 0.4) is 0 Å². The molecule has 0 aliphatic carbocycles. The molecule has 0 bridgehead atoms. The maximum Gasteiger partial charge on any atom is 0.123 e. The third kappa shape index (κ3) is 4.70. The number of nitrogens with zero attached hydrogens (tertiary/aromatic N) is 1. The summed E-state index contributed by atoms with van der Waals surface area (Å²) in [7, 11) is 1.70. The van der Waals surface area contributed by atoms with Crippen molar-refractivity contribution in [2.24, 2.45) is 5.73 Å². The highest BCUT2D eigenvalue weighted by Crippen LogP contribution is 2.25. The molecule has 21 heavy (non-hydrogen) atoms. The third-order valence-electron chi connectivity index (χ3n) is 4.01. The van der Waals surface area contributed by atoms with Gasteiger partial charge in [-0.1, -0.05) is 25.1 Å². The van der Waals surface area contributed by atoms with Crippen molar-refractivity contribution in [1.29, 1.82) is 0 Å². The zero-order valence-electron chi connectivity index (χ0n) is 13.3. The SMILES string of the molecule is CCCOC1CCCN(CC(N)c2ccccc2OC)C1. The van der Waals surface area contributed by atoms with E-state index in [0.29, 0.717) is 6.10 Å². The van der Waals surface area contributed by atoms with E-state index >= 15 is 0 Å². The number of likely N-dealkylation sites (tertiary alicyclic amines) is 1. The standard InChI is InChI=1S/C17H28N2O2/c1-3-11-21-14-7-6-10-19(12-14)13-16(18)15-8-4-5-9-17(15)20-2/h4-5,8-9,14,16H,3,6-7,10-13,18H2,1-2H3. The van der Waals surface area contributed by atoms with Crippen LogP contribution in [0.5, 0.6) is 5.75 Å². The van der Waals surface area contributed by atoms with Crippen LogP contribution in [0, 0.1) is 0 Å². The molecule has 0 amide bonds. The first-order chi connectivity index (χ1) is 10.2. The smallest absolute Gasteiger partial charge is 0.123 e. The predicted octanol–water partition coefficient (Wildman–Crippen LogP) is 2.59. The molecule has 1 heterocycles. The van der Waals surface area contributed by atoms with Crippen LogP contribution in [0.1, 0.15) is 37.8 Å². The van der Waals surface area contributed by atoms with E-state index in [-0.39, 0.29) is 6.04 Å². The predicted molar refractivity (Wildman–Crippen MR) is 85.6 cm³/mol. The molecule has 1 aliphatic heterocycles. The van der Waals surface area contributed by atoms with Gasteiger partial charge in [-0.2, -0.15) is 0 Å². The summed E-state index contributed by atoms with van der Waals surface area (Å²) in [4.78, 5) is 2.42. The Morgan fingerprint density at radius 3 is 2.95 bits per heavy atom. The summed E-state index contributed by atoms with van der Waals surface area (Å²) in [5.74, 6) is 0.876. The van der Waals surface area contributed by atoms with Gasteiger partial charge in [0.25, 0.3) is 0 Å². The Bertz CT molecular complexity index is 425. The van der Waals surface area contributed by atoms with Crippen molar-refractivity contribution >= 4 is 0 Å². The minimum atomic E-state index is -0.0222. The second-order valence-electron chi connectivity index (χ2n) is 5.74. The van der Waals surface area contributed by atoms with Crippen molar-refractivity contribution in [3.05, 3.63) is 29.8 Å². The molecule has 1 aliphatic rings. The molecule has 0 saturated carbocycles. The molecular weight excluding hydrogens is 264 g/mol. The summed E-state index contributed by atoms with van der Waals surface area (Å²) in [6.45, 7) is 5.96. The minimum Gasteiger partial charge on any atom is -0.496 e. The van der Waals surface area contributed by atoms with Gasteiger partial charge in [-0.15, -0.1) is 0 Å². The van der Waals surface area contributed by atoms with Crippen LogP contribution < -0.4 is 10.5 Å². The van der Waals surface area contributed by atoms with Crippen LogP contribution in [0.15, 0.2) is 24.3 Å². The number of methoxy groups -OCH3 is 1. The summed E-state index contributed by atoms with van der Waals surface area (Å²) in [5, 5.41) is 0. The normalized spacial score (nSPS) is 21.2. The van der Waals surface area contributed by atoms with Gasteiger partial charge in [-0.05, 0) is 31.9 Å². The summed E-state index contributed by atoms with van der Waals surface area (Å²) in [6.07, 6.45) is 3.80. The van der Waals surface area contributed by atoms with E-state index in [1.54, 1.807) is 7.11 Å². The van der Waals surface area contributed by atoms with E-state index < -0.39 is 0 Å². The summed E-state index contributed by atoms with van der Waals surface area (Å²) in [5.41, 5.74) is 7.47. The molecule has 2 unspecified atom stereocenters. The van der Waals surface area contributed by atoms with Gasteiger partial charge < -0.3 is 15.2 Å². The van der Waals surface area contributed by atoms with Crippen molar-refractivity contribution in [2.45, 2.75) is 38.3 Å². The average molecular weight is 292 g/mol. The number of nitrogens with two attached hydrogens (primary N) is 1. The quantitative estimate of drug-likeness (QED) is 0.839. The van der Waals surface area contributed by atoms with Crippen molar-refractivity contribution < 1.29 is 9.47 Å². The van der Waals surface area contributed by atoms with Crippen LogP contribution in [0.4, 0.5) is 0 Å². The Morgan fingerprint density at radius 1 is 1.38 bits per heavy atom. The van der Waals surface area contributed by atoms with Crippen molar-refractivity contribution in [2.75, 3.05) is 33.4 Å². The zero-order valence-corrected chi connectivity index (χ0v) is 13.3. The number of benzene rings is 1. The first kappa shape index (κ1) is 16.3. The molecule has 1 fully saturated rings. The van der Waals surface area contributed by atoms with Gasteiger partial charge in [-0.25, -0.2) is 0 Å². The molecule has 0 spiro atoms. The molecule has 1 aromatic carbocycles. The maximum absolute atomic E-state index is 6.39. The van der Waals surface area contributed by atoms with E-state index in [0.717, 1.165) is 44.0 Å². The zero-order chi connectivity index (χ0) is 15.1. The molecule has 2 rings (SSSR count). The van der Waals surface area contributed by atoms with Crippen molar-refractivity contribution in [3.63, 3.8) is 0 Å². The number of rotatable bonds is 7. The topological polar surface area (TPSA) is 47.7 Å². The van der Waals surface area contributed by atoms with Crippen molar-refractivity contribution in [3.8, 4) is 5.75 Å². The van der Waals surface area contributed by atoms with Crippen LogP contribution in [0.25, 0.3) is 0 Å². The van der Waals surface area contributed by atoms with Gasteiger partial charge in [0, 0.05) is 31.3 Å². The average Bonchev–Trinajstić information content (AvgIpc) is 2.53. The van der Waals surface area contributed by atoms with Crippen LogP contribution in [0.2, 0.25) is 0 Å². The van der Waals surface area contributed by atoms with E-state index in [4.69, 9.17) is 15.2 Å². The Kier molecular flexibility index (Phi) is 6.49. The van der Waals surface area contributed by atoms with Gasteiger partial charge in [0.05, 0.1) is 13.2 Å². The first-order valence-electron chi connectivity index (χ1n) is 7.97. The van der Waals surface area contributed by atoms with Crippen LogP contribution in [-0.4, -0.2) is 44.4 Å². The fraction of sp³-hybridized carbons (Fsp3) is 0.647. The Hall–Kier alpha value is -1.10. The lowest BCUT2D eigenvalue weighted by Crippen LogP contribution is -2.43. The first-order valence-corrected chi connectivity index (χ1v) is 7.97. The summed E-state index contributed by atoms with van der Waals surface area (Å²) >= 11 is 0. The van der Waals surface area contributed by atoms with Crippen LogP contribution in [-0.2, 0) is 4.74 Å². The lowest BCUT2D eigenvalue weighted by atomic mass is 10.0. The molecule has 1 aromatic rings. The van der Waals surface area contributed by atoms with E-state index in [1.807, 2.05) is 18.2 Å². The van der Waals surface area contributed by atoms with Crippen molar-refractivity contribution in [1.82, 2.24) is 4.90 Å². The second kappa shape index (κ2) is 8.37. The summed E-state index contributed by atoms with van der Waals surface area (Å²) < 4.78 is 11.3. The number of hydrogen-bond acceptors (Lipinski definition) is 4. The lowest BCUT2D eigenvalue weighted by molar-refractivity contribution is -0.00142. The molecule has 1 saturated heterocycles. The van der Waals surface area contributed by atoms with Crippen LogP contribution >= 0.6 is 0 Å². The third-order valence-corrected chi connectivity index (χ3v) is 4.01. The molecule has 0 radical (unpaired) electrons. The van der Waals surface area contributed by atoms with E-state index in [9.17, 15) is 0 Å². The molecule has 118 valence electrons. The lowest BCUT2D eigenvalue weighted by Gasteiger charge is -2.34. The Morgan fingerprint density at radius 2 is 2.19 bits per heavy atom. The van der Waals surface area contributed by atoms with E-state index in [2.05, 4.69) is 17.9 Å². The highest BCUT2D eigenvalue weighted by atomic mass is 16.5. The highest BCUT2D eigenvalue weighted by molar-refractivity contribution is 5.35. The van der Waals surface area contributed by atoms with Gasteiger partial charge in [-0.3, -0.25) is 4.90 Å². The number of hydrogen-bond donors (Lipinski definition) is 1. The maximum atomic E-state index is 6.39. The second-order valence-corrected chi connectivity index (χ2v) is 5.74. The Labute approximate surface area is 128 Å². The minimum absolute atomic E-state index is 0.0222. The molecule has 4 heteroatoms. The highest BCUT2D eigenvalue weighted by Gasteiger charge is 2.23. The van der Waals surface area contributed by atoms with Gasteiger partial charge in [0.2, 0.25) is 0 Å². The summed E-state index contributed by atoms with van der Waals surface area (Å²) in [6, 6.07) is 7.99. The fourth-order valence-corrected chi connectivity index (χ4v) is 2.95. The molecule has 4 nitrogen and oxygen atoms in total. The number of piperidine rings is 1. The van der Waals surface area contributed by atoms with Gasteiger partial charge in [0.1, 0.15) is 5.75 Å². The number of ether oxygens (including phenoxy) is 2. The monoisotopic (exact) mass is 292 g/mol. The largest absolute Gasteiger partial charge is 0.496 e. The molecule has 0 aromatic heterocycles. The van der Waals surface area contributed by atoms with Gasteiger partial charge >= 0.3 is 0 Å². The molecular formula is C17H28N2O2. The molecule has 2 N–H and O–H groups in total. The van der Waals surface area contributed by atoms with Gasteiger partial charge in [0.15, 0.2) is 0 Å². The number of para-hydroxylation sites is 1. The Balaban J connectivity index is 1.91. The van der Waals surface area contributed by atoms with E-state index in [1.165, 1.54) is 12.8 Å².